The predicted molar refractivity (Wildman–Crippen MR) is 106 cm³/mol. The summed E-state index contributed by atoms with van der Waals surface area (Å²) in [5, 5.41) is 4.06. The number of carbonyl (C=O) groups is 1. The lowest BCUT2D eigenvalue weighted by atomic mass is 10.1. The number of amides is 2. The average Bonchev–Trinajstić information content (AvgIpc) is 2.99. The molecule has 26 heavy (non-hydrogen) atoms. The number of morpholine rings is 1. The summed E-state index contributed by atoms with van der Waals surface area (Å²) in [6.45, 7) is 8.30. The second-order valence-electron chi connectivity index (χ2n) is 6.81. The van der Waals surface area contributed by atoms with Crippen LogP contribution in [0.15, 0.2) is 30.5 Å². The van der Waals surface area contributed by atoms with E-state index in [-0.39, 0.29) is 18.2 Å². The number of nitrogens with one attached hydrogen (secondary N) is 1. The Morgan fingerprint density at radius 1 is 1.35 bits per heavy atom. The van der Waals surface area contributed by atoms with Gasteiger partial charge in [0.2, 0.25) is 0 Å². The number of aryl methyl sites for hydroxylation is 1. The zero-order valence-electron chi connectivity index (χ0n) is 15.7. The molecular formula is C19H26N4O2S. The van der Waals surface area contributed by atoms with Crippen LogP contribution in [0.25, 0.3) is 0 Å². The van der Waals surface area contributed by atoms with Gasteiger partial charge in [-0.3, -0.25) is 0 Å². The van der Waals surface area contributed by atoms with Crippen molar-refractivity contribution in [1.82, 2.24) is 9.88 Å². The van der Waals surface area contributed by atoms with Crippen LogP contribution >= 0.6 is 11.3 Å². The van der Waals surface area contributed by atoms with Crippen molar-refractivity contribution in [3.8, 4) is 0 Å². The molecule has 2 heterocycles. The quantitative estimate of drug-likeness (QED) is 0.886. The van der Waals surface area contributed by atoms with Crippen molar-refractivity contribution in [3.05, 3.63) is 40.3 Å². The zero-order valence-corrected chi connectivity index (χ0v) is 16.5. The summed E-state index contributed by atoms with van der Waals surface area (Å²) in [5.74, 6) is 0. The van der Waals surface area contributed by atoms with Crippen LogP contribution in [0.3, 0.4) is 0 Å². The molecular weight excluding hydrogens is 348 g/mol. The average molecular weight is 375 g/mol. The minimum absolute atomic E-state index is 0.127. The van der Waals surface area contributed by atoms with E-state index in [0.29, 0.717) is 6.54 Å². The fourth-order valence-corrected chi connectivity index (χ4v) is 4.07. The van der Waals surface area contributed by atoms with Crippen molar-refractivity contribution in [2.45, 2.75) is 39.5 Å². The maximum absolute atomic E-state index is 12.6. The number of nitrogens with zero attached hydrogens (tertiary/aromatic N) is 3. The van der Waals surface area contributed by atoms with Crippen molar-refractivity contribution in [2.24, 2.45) is 0 Å². The van der Waals surface area contributed by atoms with Crippen LogP contribution < -0.4 is 10.2 Å². The standard InChI is InChI=1S/C19H26N4O2S/c1-13-10-23(11-14(2)25-13)18-8-6-5-7-17(18)21-19(24)22(4)12-16-9-20-15(3)26-16/h5-9,13-14H,10-12H2,1-4H3,(H,21,24)/t13-,14-/m0/s1. The SMILES string of the molecule is Cc1ncc(CN(C)C(=O)Nc2ccccc2N2C[C@H](C)O[C@@H](C)C2)s1. The van der Waals surface area contributed by atoms with Crippen LogP contribution in [0.5, 0.6) is 0 Å². The van der Waals surface area contributed by atoms with Gasteiger partial charge in [0.25, 0.3) is 0 Å². The number of hydrogen-bond donors (Lipinski definition) is 1. The molecule has 0 bridgehead atoms. The van der Waals surface area contributed by atoms with Gasteiger partial charge in [0.05, 0.1) is 35.1 Å². The van der Waals surface area contributed by atoms with Gasteiger partial charge in [-0.05, 0) is 32.9 Å². The van der Waals surface area contributed by atoms with Gasteiger partial charge in [-0.15, -0.1) is 11.3 Å². The maximum atomic E-state index is 12.6. The molecule has 7 heteroatoms. The number of thiazole rings is 1. The number of carbonyl (C=O) groups excluding carboxylic acids is 1. The molecule has 1 saturated heterocycles. The summed E-state index contributed by atoms with van der Waals surface area (Å²) in [5.41, 5.74) is 1.86. The Morgan fingerprint density at radius 3 is 2.69 bits per heavy atom. The first kappa shape index (κ1) is 18.7. The van der Waals surface area contributed by atoms with E-state index in [9.17, 15) is 4.79 Å². The molecule has 1 N–H and O–H groups in total. The van der Waals surface area contributed by atoms with Gasteiger partial charge in [-0.2, -0.15) is 0 Å². The molecule has 2 aromatic rings. The van der Waals surface area contributed by atoms with Gasteiger partial charge in [0.1, 0.15) is 0 Å². The van der Waals surface area contributed by atoms with Crippen molar-refractivity contribution >= 4 is 28.7 Å². The minimum atomic E-state index is -0.127. The molecule has 6 nitrogen and oxygen atoms in total. The highest BCUT2D eigenvalue weighted by Gasteiger charge is 2.24. The minimum Gasteiger partial charge on any atom is -0.372 e. The summed E-state index contributed by atoms with van der Waals surface area (Å²) in [6, 6.07) is 7.81. The van der Waals surface area contributed by atoms with Crippen molar-refractivity contribution in [3.63, 3.8) is 0 Å². The largest absolute Gasteiger partial charge is 0.372 e. The number of ether oxygens (including phenoxy) is 1. The van der Waals surface area contributed by atoms with E-state index in [0.717, 1.165) is 34.3 Å². The van der Waals surface area contributed by atoms with Gasteiger partial charge in [0, 0.05) is 31.2 Å². The van der Waals surface area contributed by atoms with Crippen LogP contribution in [0.4, 0.5) is 16.2 Å². The van der Waals surface area contributed by atoms with Crippen molar-refractivity contribution in [1.29, 1.82) is 0 Å². The zero-order chi connectivity index (χ0) is 18.7. The second kappa shape index (κ2) is 8.05. The molecule has 3 rings (SSSR count). The lowest BCUT2D eigenvalue weighted by molar-refractivity contribution is -0.00517. The molecule has 140 valence electrons. The monoisotopic (exact) mass is 374 g/mol. The van der Waals surface area contributed by atoms with E-state index in [1.165, 1.54) is 0 Å². The summed E-state index contributed by atoms with van der Waals surface area (Å²) in [7, 11) is 1.80. The number of hydrogen-bond acceptors (Lipinski definition) is 5. The highest BCUT2D eigenvalue weighted by molar-refractivity contribution is 7.11. The highest BCUT2D eigenvalue weighted by atomic mass is 32.1. The first-order chi connectivity index (χ1) is 12.4. The predicted octanol–water partition coefficient (Wildman–Crippen LogP) is 3.73. The van der Waals surface area contributed by atoms with E-state index in [4.69, 9.17) is 4.74 Å². The Labute approximate surface area is 158 Å². The summed E-state index contributed by atoms with van der Waals surface area (Å²) in [6.07, 6.45) is 2.16. The van der Waals surface area contributed by atoms with Crippen LogP contribution in [0.1, 0.15) is 23.7 Å². The molecule has 1 aliphatic rings. The van der Waals surface area contributed by atoms with Gasteiger partial charge < -0.3 is 19.9 Å². The molecule has 1 aromatic heterocycles. The molecule has 0 saturated carbocycles. The number of anilines is 2. The van der Waals surface area contributed by atoms with Crippen LogP contribution in [-0.4, -0.2) is 48.3 Å². The summed E-state index contributed by atoms with van der Waals surface area (Å²) in [4.78, 5) is 21.9. The third-order valence-electron chi connectivity index (χ3n) is 4.31. The molecule has 0 unspecified atom stereocenters. The fraction of sp³-hybridized carbons (Fsp3) is 0.474. The van der Waals surface area contributed by atoms with E-state index in [2.05, 4.69) is 29.0 Å². The molecule has 0 spiro atoms. The Kier molecular flexibility index (Phi) is 5.78. The third kappa shape index (κ3) is 4.53. The molecule has 0 radical (unpaired) electrons. The van der Waals surface area contributed by atoms with E-state index < -0.39 is 0 Å². The summed E-state index contributed by atoms with van der Waals surface area (Å²) < 4.78 is 5.82. The van der Waals surface area contributed by atoms with Gasteiger partial charge in [-0.1, -0.05) is 12.1 Å². The van der Waals surface area contributed by atoms with Crippen molar-refractivity contribution in [2.75, 3.05) is 30.4 Å². The van der Waals surface area contributed by atoms with Crippen LogP contribution in [0.2, 0.25) is 0 Å². The number of urea groups is 1. The third-order valence-corrected chi connectivity index (χ3v) is 5.21. The fourth-order valence-electron chi connectivity index (χ4n) is 3.22. The summed E-state index contributed by atoms with van der Waals surface area (Å²) >= 11 is 1.61. The lowest BCUT2D eigenvalue weighted by Gasteiger charge is -2.37. The molecule has 1 aromatic carbocycles. The number of para-hydroxylation sites is 2. The molecule has 1 aliphatic heterocycles. The smallest absolute Gasteiger partial charge is 0.321 e. The number of rotatable bonds is 4. The topological polar surface area (TPSA) is 57.7 Å². The number of aromatic nitrogens is 1. The van der Waals surface area contributed by atoms with E-state index in [1.54, 1.807) is 23.3 Å². The Bertz CT molecular complexity index is 754. The van der Waals surface area contributed by atoms with E-state index in [1.807, 2.05) is 37.4 Å². The lowest BCUT2D eigenvalue weighted by Crippen LogP contribution is -2.45. The Hall–Kier alpha value is -2.12. The Balaban J connectivity index is 1.70. The maximum Gasteiger partial charge on any atom is 0.321 e. The first-order valence-corrected chi connectivity index (χ1v) is 9.67. The van der Waals surface area contributed by atoms with Crippen LogP contribution in [0, 0.1) is 6.92 Å². The van der Waals surface area contributed by atoms with Gasteiger partial charge >= 0.3 is 6.03 Å². The van der Waals surface area contributed by atoms with Gasteiger partial charge in [0.15, 0.2) is 0 Å². The Morgan fingerprint density at radius 2 is 2.04 bits per heavy atom. The van der Waals surface area contributed by atoms with Crippen molar-refractivity contribution < 1.29 is 9.53 Å². The number of benzene rings is 1. The molecule has 2 amide bonds. The molecule has 1 fully saturated rings. The van der Waals surface area contributed by atoms with Gasteiger partial charge in [-0.25, -0.2) is 9.78 Å². The van der Waals surface area contributed by atoms with Crippen LogP contribution in [-0.2, 0) is 11.3 Å². The normalized spacial score (nSPS) is 20.1. The molecule has 2 atom stereocenters. The molecule has 0 aliphatic carbocycles. The first-order valence-electron chi connectivity index (χ1n) is 8.85. The van der Waals surface area contributed by atoms with E-state index >= 15 is 0 Å². The highest BCUT2D eigenvalue weighted by Crippen LogP contribution is 2.28. The second-order valence-corrected chi connectivity index (χ2v) is 8.13.